The van der Waals surface area contributed by atoms with Crippen LogP contribution >= 0.6 is 11.6 Å². The van der Waals surface area contributed by atoms with E-state index in [4.69, 9.17) is 21.1 Å². The Morgan fingerprint density at radius 1 is 1.00 bits per heavy atom. The number of carbonyl (C=O) groups excluding carboxylic acids is 2. The lowest BCUT2D eigenvalue weighted by Crippen LogP contribution is -2.65. The summed E-state index contributed by atoms with van der Waals surface area (Å²) in [4.78, 5) is 35.3. The van der Waals surface area contributed by atoms with Gasteiger partial charge in [-0.3, -0.25) is 19.4 Å². The number of hydrogen-bond acceptors (Lipinski definition) is 9. The second kappa shape index (κ2) is 16.7. The van der Waals surface area contributed by atoms with Gasteiger partial charge in [0, 0.05) is 89.6 Å². The zero-order chi connectivity index (χ0) is 38.9. The van der Waals surface area contributed by atoms with E-state index in [1.54, 1.807) is 19.9 Å². The van der Waals surface area contributed by atoms with Crippen molar-refractivity contribution >= 4 is 39.1 Å². The first-order chi connectivity index (χ1) is 26.4. The molecular formula is C42H58ClN5O6S. The van der Waals surface area contributed by atoms with Crippen molar-refractivity contribution in [1.29, 1.82) is 0 Å². The molecule has 6 atom stereocenters. The van der Waals surface area contributed by atoms with Crippen molar-refractivity contribution in [2.45, 2.75) is 82.8 Å². The number of anilines is 1. The Bertz CT molecular complexity index is 1880. The molecule has 2 amide bonds. The molecule has 4 aliphatic heterocycles. The molecule has 55 heavy (non-hydrogen) atoms. The normalized spacial score (nSPS) is 31.3. The van der Waals surface area contributed by atoms with E-state index in [-0.39, 0.29) is 29.3 Å². The van der Waals surface area contributed by atoms with Crippen LogP contribution < -0.4 is 14.4 Å². The summed E-state index contributed by atoms with van der Waals surface area (Å²) >= 11 is 6.41. The van der Waals surface area contributed by atoms with E-state index in [1.807, 2.05) is 49.3 Å². The number of amides is 2. The number of aryl methyl sites for hydroxylation is 1. The van der Waals surface area contributed by atoms with Gasteiger partial charge in [-0.25, -0.2) is 13.1 Å². The lowest BCUT2D eigenvalue weighted by Gasteiger charge is -2.53. The lowest BCUT2D eigenvalue weighted by molar-refractivity contribution is -0.134. The number of allylic oxidation sites excluding steroid dienone is 1. The Labute approximate surface area is 332 Å². The van der Waals surface area contributed by atoms with Gasteiger partial charge >= 0.3 is 0 Å². The number of benzene rings is 2. The maximum absolute atomic E-state index is 13.7. The first-order valence-electron chi connectivity index (χ1n) is 20.2. The number of nitrogens with zero attached hydrogens (tertiary/aromatic N) is 4. The van der Waals surface area contributed by atoms with E-state index in [1.165, 1.54) is 5.56 Å². The summed E-state index contributed by atoms with van der Waals surface area (Å²) in [6.07, 6.45) is 9.69. The number of nitrogens with one attached hydrogen (secondary N) is 1. The summed E-state index contributed by atoms with van der Waals surface area (Å²) in [7, 11) is -2.16. The van der Waals surface area contributed by atoms with Crippen molar-refractivity contribution in [2.24, 2.45) is 17.8 Å². The number of piperazine rings is 2. The Morgan fingerprint density at radius 3 is 2.58 bits per heavy atom. The van der Waals surface area contributed by atoms with Gasteiger partial charge < -0.3 is 19.3 Å². The van der Waals surface area contributed by atoms with Crippen molar-refractivity contribution in [3.05, 3.63) is 70.3 Å². The van der Waals surface area contributed by atoms with Gasteiger partial charge in [0.15, 0.2) is 0 Å². The highest BCUT2D eigenvalue weighted by Gasteiger charge is 2.49. The third-order valence-corrected chi connectivity index (χ3v) is 15.4. The van der Waals surface area contributed by atoms with Gasteiger partial charge in [-0.05, 0) is 105 Å². The van der Waals surface area contributed by atoms with Gasteiger partial charge in [0.1, 0.15) is 18.0 Å². The van der Waals surface area contributed by atoms with Gasteiger partial charge in [-0.2, -0.15) is 0 Å². The van der Waals surface area contributed by atoms with Crippen LogP contribution in [0.2, 0.25) is 5.02 Å². The molecule has 7 rings (SSSR count). The molecule has 300 valence electrons. The highest BCUT2D eigenvalue weighted by Crippen LogP contribution is 2.47. The number of carbonyl (C=O) groups is 2. The fourth-order valence-corrected chi connectivity index (χ4v) is 10.9. The molecule has 2 bridgehead atoms. The van der Waals surface area contributed by atoms with Crippen LogP contribution in [0.4, 0.5) is 5.69 Å². The smallest absolute Gasteiger partial charge is 0.264 e. The predicted molar refractivity (Wildman–Crippen MR) is 216 cm³/mol. The topological polar surface area (TPSA) is 112 Å². The minimum absolute atomic E-state index is 0.132. The van der Waals surface area contributed by atoms with Crippen LogP contribution in [0.1, 0.15) is 74.4 Å². The Balaban J connectivity index is 1.23. The summed E-state index contributed by atoms with van der Waals surface area (Å²) in [5, 5.41) is -0.0981. The first kappa shape index (κ1) is 40.1. The molecule has 1 N–H and O–H groups in total. The molecule has 1 saturated carbocycles. The Morgan fingerprint density at radius 2 is 1.82 bits per heavy atom. The maximum Gasteiger partial charge on any atom is 0.264 e. The number of rotatable bonds is 3. The SMILES string of the molecule is CO[C@@]1(CN2CCN3CCN(C(C)=O)C[C@@H]3C2)/C=C/CC(C)[C@@H](C)S(=O)(=O)NC(=O)c2ccc3c(c2)N(CCCCc2cc(Cl)ccc2CO3)CC2CC[C@H]21. The standard InChI is InChI=1S/C42H58ClN5O6S/c1-29-8-7-16-42(53-4,28-45-18-19-46-20-21-47(31(3)49)26-37(46)25-45)38-14-11-34(38)24-48-17-6-5-9-32-22-36(43)13-10-35(32)27-54-40-15-12-33(23-39(40)48)41(50)44-55(51,52)30(29)2/h7,10,12-13,15-16,22-23,29-30,34,37-38H,5-6,8-9,11,14,17-21,24-28H2,1-4H3,(H,44,50)/b16-7+/t29?,30-,34?,37+,38-,42-/m1/s1. The number of methoxy groups -OCH3 is 1. The lowest BCUT2D eigenvalue weighted by atomic mass is 9.63. The molecule has 5 aliphatic rings. The summed E-state index contributed by atoms with van der Waals surface area (Å²) in [6, 6.07) is 11.5. The van der Waals surface area contributed by atoms with Crippen molar-refractivity contribution in [1.82, 2.24) is 19.4 Å². The van der Waals surface area contributed by atoms with E-state index in [0.717, 1.165) is 95.7 Å². The molecular weight excluding hydrogens is 738 g/mol. The summed E-state index contributed by atoms with van der Waals surface area (Å²) in [6.45, 7) is 13.0. The number of sulfonamides is 1. The minimum Gasteiger partial charge on any atom is -0.487 e. The second-order valence-corrected chi connectivity index (χ2v) is 19.1. The highest BCUT2D eigenvalue weighted by atomic mass is 35.5. The van der Waals surface area contributed by atoms with E-state index in [0.29, 0.717) is 36.3 Å². The molecule has 2 saturated heterocycles. The Hall–Kier alpha value is -3.16. The highest BCUT2D eigenvalue weighted by molar-refractivity contribution is 7.90. The molecule has 2 aromatic rings. The zero-order valence-electron chi connectivity index (χ0n) is 32.8. The van der Waals surface area contributed by atoms with E-state index >= 15 is 0 Å². The number of hydrogen-bond donors (Lipinski definition) is 1. The number of fused-ring (bicyclic) bond motifs is 4. The molecule has 13 heteroatoms. The third-order valence-electron chi connectivity index (χ3n) is 13.2. The third kappa shape index (κ3) is 8.73. The molecule has 4 heterocycles. The fourth-order valence-electron chi connectivity index (χ4n) is 9.43. The average Bonchev–Trinajstić information content (AvgIpc) is 3.18. The maximum atomic E-state index is 13.7. The van der Waals surface area contributed by atoms with Crippen LogP contribution in [0.5, 0.6) is 5.75 Å². The molecule has 1 aliphatic carbocycles. The van der Waals surface area contributed by atoms with Crippen LogP contribution in [0.25, 0.3) is 0 Å². The van der Waals surface area contributed by atoms with Crippen LogP contribution in [-0.4, -0.2) is 118 Å². The van der Waals surface area contributed by atoms with Gasteiger partial charge in [0.25, 0.3) is 5.91 Å². The molecule has 0 spiro atoms. The molecule has 11 nitrogen and oxygen atoms in total. The van der Waals surface area contributed by atoms with Crippen molar-refractivity contribution in [3.63, 3.8) is 0 Å². The average molecular weight is 796 g/mol. The van der Waals surface area contributed by atoms with E-state index in [2.05, 4.69) is 31.6 Å². The van der Waals surface area contributed by atoms with Crippen LogP contribution in [0.3, 0.4) is 0 Å². The fraction of sp³-hybridized carbons (Fsp3) is 0.619. The molecule has 0 radical (unpaired) electrons. The van der Waals surface area contributed by atoms with Crippen molar-refractivity contribution in [3.8, 4) is 5.75 Å². The molecule has 0 aromatic heterocycles. The summed E-state index contributed by atoms with van der Waals surface area (Å²) in [5.74, 6) is 0.430. The van der Waals surface area contributed by atoms with Crippen molar-refractivity contribution < 1.29 is 27.5 Å². The summed E-state index contributed by atoms with van der Waals surface area (Å²) < 4.78 is 42.9. The van der Waals surface area contributed by atoms with Gasteiger partial charge in [-0.1, -0.05) is 36.7 Å². The van der Waals surface area contributed by atoms with Crippen molar-refractivity contribution in [2.75, 3.05) is 70.9 Å². The first-order valence-corrected chi connectivity index (χ1v) is 22.1. The minimum atomic E-state index is -3.98. The number of ether oxygens (including phenoxy) is 2. The second-order valence-electron chi connectivity index (χ2n) is 16.6. The van der Waals surface area contributed by atoms with Gasteiger partial charge in [-0.15, -0.1) is 0 Å². The molecule has 2 unspecified atom stereocenters. The monoisotopic (exact) mass is 795 g/mol. The van der Waals surface area contributed by atoms with Crippen LogP contribution in [0, 0.1) is 17.8 Å². The Kier molecular flexibility index (Phi) is 12.2. The quantitative estimate of drug-likeness (QED) is 0.411. The van der Waals surface area contributed by atoms with Crippen LogP contribution in [0.15, 0.2) is 48.6 Å². The predicted octanol–water partition coefficient (Wildman–Crippen LogP) is 5.37. The van der Waals surface area contributed by atoms with E-state index < -0.39 is 26.8 Å². The number of halogens is 1. The van der Waals surface area contributed by atoms with Gasteiger partial charge in [0.2, 0.25) is 15.9 Å². The van der Waals surface area contributed by atoms with Gasteiger partial charge in [0.05, 0.1) is 10.9 Å². The zero-order valence-corrected chi connectivity index (χ0v) is 34.4. The summed E-state index contributed by atoms with van der Waals surface area (Å²) in [5.41, 5.74) is 2.74. The molecule has 2 aromatic carbocycles. The van der Waals surface area contributed by atoms with E-state index in [9.17, 15) is 18.0 Å². The largest absolute Gasteiger partial charge is 0.487 e. The van der Waals surface area contributed by atoms with Crippen LogP contribution in [-0.2, 0) is 32.6 Å². The molecule has 3 fully saturated rings.